The van der Waals surface area contributed by atoms with Crippen molar-refractivity contribution in [3.63, 3.8) is 0 Å². The lowest BCUT2D eigenvalue weighted by molar-refractivity contribution is 0.175. The molecular weight excluding hydrogens is 164 g/mol. The summed E-state index contributed by atoms with van der Waals surface area (Å²) in [7, 11) is 0. The van der Waals surface area contributed by atoms with Crippen LogP contribution in [0.5, 0.6) is 0 Å². The summed E-state index contributed by atoms with van der Waals surface area (Å²) in [6, 6.07) is -0.0233. The zero-order valence-electron chi connectivity index (χ0n) is 8.05. The molecule has 1 aliphatic rings. The van der Waals surface area contributed by atoms with Crippen LogP contribution in [0, 0.1) is 18.3 Å². The van der Waals surface area contributed by atoms with Crippen LogP contribution in [0.2, 0.25) is 0 Å². The highest BCUT2D eigenvalue weighted by Crippen LogP contribution is 2.15. The number of likely N-dealkylation sites (tertiary alicyclic amines) is 1. The van der Waals surface area contributed by atoms with Crippen molar-refractivity contribution in [3.05, 3.63) is 0 Å². The molecular formula is C10H16N2O. The summed E-state index contributed by atoms with van der Waals surface area (Å²) in [5.74, 6) is 3.13. The highest BCUT2D eigenvalue weighted by atomic mass is 16.2. The van der Waals surface area contributed by atoms with Gasteiger partial charge >= 0.3 is 6.03 Å². The molecule has 1 N–H and O–H groups in total. The molecule has 0 aromatic carbocycles. The molecule has 1 rings (SSSR count). The van der Waals surface area contributed by atoms with Gasteiger partial charge < -0.3 is 10.2 Å². The van der Waals surface area contributed by atoms with Gasteiger partial charge in [-0.25, -0.2) is 4.79 Å². The molecule has 0 spiro atoms. The second-order valence-electron chi connectivity index (χ2n) is 3.53. The van der Waals surface area contributed by atoms with E-state index < -0.39 is 0 Å². The summed E-state index contributed by atoms with van der Waals surface area (Å²) in [4.78, 5) is 13.2. The van der Waals surface area contributed by atoms with Crippen LogP contribution in [0.15, 0.2) is 0 Å². The number of carbonyl (C=O) groups is 1. The van der Waals surface area contributed by atoms with Gasteiger partial charge in [0.05, 0.1) is 6.54 Å². The van der Waals surface area contributed by atoms with E-state index in [-0.39, 0.29) is 6.03 Å². The van der Waals surface area contributed by atoms with Gasteiger partial charge in [-0.2, -0.15) is 0 Å². The first-order chi connectivity index (χ1) is 6.24. The van der Waals surface area contributed by atoms with E-state index in [4.69, 9.17) is 6.42 Å². The number of hydrogen-bond donors (Lipinski definition) is 1. The van der Waals surface area contributed by atoms with Crippen LogP contribution in [0.3, 0.4) is 0 Å². The minimum absolute atomic E-state index is 0.0233. The number of rotatable bonds is 1. The van der Waals surface area contributed by atoms with Crippen LogP contribution >= 0.6 is 0 Å². The molecule has 13 heavy (non-hydrogen) atoms. The number of urea groups is 1. The maximum Gasteiger partial charge on any atom is 0.318 e. The normalized spacial score (nSPS) is 18.0. The van der Waals surface area contributed by atoms with Crippen LogP contribution in [-0.4, -0.2) is 30.6 Å². The SMILES string of the molecule is C#CCNC(=O)N1CCC(C)CC1. The Balaban J connectivity index is 2.28. The molecule has 1 saturated heterocycles. The average Bonchev–Trinajstić information content (AvgIpc) is 2.15. The van der Waals surface area contributed by atoms with Gasteiger partial charge in [-0.1, -0.05) is 12.8 Å². The van der Waals surface area contributed by atoms with E-state index in [9.17, 15) is 4.79 Å². The van der Waals surface area contributed by atoms with Gasteiger partial charge in [0.25, 0.3) is 0 Å². The predicted octanol–water partition coefficient (Wildman–Crippen LogP) is 1.06. The molecule has 3 heteroatoms. The molecule has 1 aliphatic heterocycles. The third kappa shape index (κ3) is 2.98. The van der Waals surface area contributed by atoms with Crippen molar-refractivity contribution in [2.24, 2.45) is 5.92 Å². The van der Waals surface area contributed by atoms with Crippen LogP contribution in [0.4, 0.5) is 4.79 Å². The summed E-state index contributed by atoms with van der Waals surface area (Å²) < 4.78 is 0. The van der Waals surface area contributed by atoms with E-state index in [1.54, 1.807) is 0 Å². The first-order valence-corrected chi connectivity index (χ1v) is 4.70. The fourth-order valence-electron chi connectivity index (χ4n) is 1.45. The molecule has 1 heterocycles. The first kappa shape index (κ1) is 9.91. The lowest BCUT2D eigenvalue weighted by Gasteiger charge is -2.30. The Morgan fingerprint density at radius 1 is 1.62 bits per heavy atom. The molecule has 0 unspecified atom stereocenters. The van der Waals surface area contributed by atoms with Gasteiger partial charge in [0.1, 0.15) is 0 Å². The predicted molar refractivity (Wildman–Crippen MR) is 52.2 cm³/mol. The second kappa shape index (κ2) is 4.76. The van der Waals surface area contributed by atoms with Gasteiger partial charge in [-0.05, 0) is 18.8 Å². The molecule has 3 nitrogen and oxygen atoms in total. The largest absolute Gasteiger partial charge is 0.327 e. The first-order valence-electron chi connectivity index (χ1n) is 4.70. The van der Waals surface area contributed by atoms with E-state index in [0.29, 0.717) is 6.54 Å². The van der Waals surface area contributed by atoms with Crippen LogP contribution in [0.1, 0.15) is 19.8 Å². The van der Waals surface area contributed by atoms with Gasteiger partial charge in [0, 0.05) is 13.1 Å². The molecule has 72 valence electrons. The Hall–Kier alpha value is -1.17. The van der Waals surface area contributed by atoms with E-state index in [1.165, 1.54) is 0 Å². The molecule has 0 aliphatic carbocycles. The maximum atomic E-state index is 11.4. The monoisotopic (exact) mass is 180 g/mol. The number of carbonyl (C=O) groups excluding carboxylic acids is 1. The summed E-state index contributed by atoms with van der Waals surface area (Å²) in [5.41, 5.74) is 0. The van der Waals surface area contributed by atoms with Crippen molar-refractivity contribution >= 4 is 6.03 Å². The number of terminal acetylenes is 1. The molecule has 0 aromatic rings. The summed E-state index contributed by atoms with van der Waals surface area (Å²) in [6.45, 7) is 4.26. The average molecular weight is 180 g/mol. The third-order valence-electron chi connectivity index (χ3n) is 2.41. The number of nitrogens with zero attached hydrogens (tertiary/aromatic N) is 1. The molecule has 2 amide bonds. The van der Waals surface area contributed by atoms with Crippen molar-refractivity contribution in [3.8, 4) is 12.3 Å². The lowest BCUT2D eigenvalue weighted by atomic mass is 10.00. The Morgan fingerprint density at radius 2 is 2.23 bits per heavy atom. The van der Waals surface area contributed by atoms with E-state index in [2.05, 4.69) is 18.2 Å². The topological polar surface area (TPSA) is 32.3 Å². The molecule has 0 aromatic heterocycles. The zero-order chi connectivity index (χ0) is 9.68. The maximum absolute atomic E-state index is 11.4. The smallest absolute Gasteiger partial charge is 0.318 e. The van der Waals surface area contributed by atoms with Crippen molar-refractivity contribution < 1.29 is 4.79 Å². The molecule has 0 saturated carbocycles. The number of hydrogen-bond acceptors (Lipinski definition) is 1. The fourth-order valence-corrected chi connectivity index (χ4v) is 1.45. The van der Waals surface area contributed by atoms with Crippen molar-refractivity contribution in [2.75, 3.05) is 19.6 Å². The lowest BCUT2D eigenvalue weighted by Crippen LogP contribution is -2.44. The van der Waals surface area contributed by atoms with E-state index in [0.717, 1.165) is 31.8 Å². The van der Waals surface area contributed by atoms with Gasteiger partial charge in [-0.15, -0.1) is 6.42 Å². The van der Waals surface area contributed by atoms with Gasteiger partial charge in [0.2, 0.25) is 0 Å². The summed E-state index contributed by atoms with van der Waals surface area (Å²) in [6.07, 6.45) is 7.25. The molecule has 1 fully saturated rings. The van der Waals surface area contributed by atoms with Crippen molar-refractivity contribution in [1.29, 1.82) is 0 Å². The van der Waals surface area contributed by atoms with Crippen molar-refractivity contribution in [1.82, 2.24) is 10.2 Å². The van der Waals surface area contributed by atoms with Crippen LogP contribution < -0.4 is 5.32 Å². The summed E-state index contributed by atoms with van der Waals surface area (Å²) >= 11 is 0. The van der Waals surface area contributed by atoms with Gasteiger partial charge in [-0.3, -0.25) is 0 Å². The molecule has 0 bridgehead atoms. The molecule has 0 radical (unpaired) electrons. The standard InChI is InChI=1S/C10H16N2O/c1-3-6-11-10(13)12-7-4-9(2)5-8-12/h1,9H,4-8H2,2H3,(H,11,13). The summed E-state index contributed by atoms with van der Waals surface area (Å²) in [5, 5.41) is 2.67. The fraction of sp³-hybridized carbons (Fsp3) is 0.700. The van der Waals surface area contributed by atoms with Crippen molar-refractivity contribution in [2.45, 2.75) is 19.8 Å². The zero-order valence-corrected chi connectivity index (χ0v) is 8.05. The number of nitrogens with one attached hydrogen (secondary N) is 1. The molecule has 0 atom stereocenters. The minimum atomic E-state index is -0.0233. The van der Waals surface area contributed by atoms with Crippen LogP contribution in [0.25, 0.3) is 0 Å². The quantitative estimate of drug-likeness (QED) is 0.601. The Bertz CT molecular complexity index is 211. The Kier molecular flexibility index (Phi) is 3.63. The minimum Gasteiger partial charge on any atom is -0.327 e. The highest BCUT2D eigenvalue weighted by Gasteiger charge is 2.19. The highest BCUT2D eigenvalue weighted by molar-refractivity contribution is 5.74. The van der Waals surface area contributed by atoms with E-state index >= 15 is 0 Å². The second-order valence-corrected chi connectivity index (χ2v) is 3.53. The van der Waals surface area contributed by atoms with Gasteiger partial charge in [0.15, 0.2) is 0 Å². The van der Waals surface area contributed by atoms with E-state index in [1.807, 2.05) is 4.90 Å². The number of piperidine rings is 1. The van der Waals surface area contributed by atoms with Crippen LogP contribution in [-0.2, 0) is 0 Å². The Morgan fingerprint density at radius 3 is 2.77 bits per heavy atom. The number of amides is 2. The Labute approximate surface area is 79.5 Å². The third-order valence-corrected chi connectivity index (χ3v) is 2.41.